The minimum Gasteiger partial charge on any atom is -0.383 e. The number of rotatable bonds is 4. The Labute approximate surface area is 112 Å². The van der Waals surface area contributed by atoms with Crippen LogP contribution in [0.15, 0.2) is 6.20 Å². The fourth-order valence-electron chi connectivity index (χ4n) is 2.47. The highest BCUT2D eigenvalue weighted by atomic mass is 15.3. The molecule has 0 saturated heterocycles. The van der Waals surface area contributed by atoms with Gasteiger partial charge in [0.05, 0.1) is 18.1 Å². The van der Waals surface area contributed by atoms with Crippen molar-refractivity contribution in [1.29, 1.82) is 0 Å². The fourth-order valence-corrected chi connectivity index (χ4v) is 2.47. The van der Waals surface area contributed by atoms with Gasteiger partial charge >= 0.3 is 0 Å². The number of fused-ring (bicyclic) bond motifs is 1. The van der Waals surface area contributed by atoms with E-state index in [-0.39, 0.29) is 0 Å². The van der Waals surface area contributed by atoms with E-state index in [1.165, 1.54) is 12.8 Å². The Balaban J connectivity index is 1.85. The lowest BCUT2D eigenvalue weighted by Crippen LogP contribution is -2.31. The van der Waals surface area contributed by atoms with Crippen LogP contribution < -0.4 is 5.73 Å². The van der Waals surface area contributed by atoms with Crippen LogP contribution in [0.2, 0.25) is 0 Å². The molecule has 0 amide bonds. The predicted octanol–water partition coefficient (Wildman–Crippen LogP) is 1.18. The quantitative estimate of drug-likeness (QED) is 0.893. The molecular formula is C13H20N6. The molecule has 2 aromatic rings. The molecule has 0 aliphatic heterocycles. The molecule has 3 rings (SSSR count). The van der Waals surface area contributed by atoms with Crippen LogP contribution >= 0.6 is 0 Å². The number of nitrogen functional groups attached to an aromatic ring is 1. The first-order valence-electron chi connectivity index (χ1n) is 6.70. The van der Waals surface area contributed by atoms with Gasteiger partial charge in [-0.15, -0.1) is 0 Å². The highest BCUT2D eigenvalue weighted by molar-refractivity contribution is 5.84. The van der Waals surface area contributed by atoms with E-state index < -0.39 is 0 Å². The summed E-state index contributed by atoms with van der Waals surface area (Å²) in [6, 6.07) is 0.576. The molecule has 1 aliphatic rings. The summed E-state index contributed by atoms with van der Waals surface area (Å²) >= 11 is 0. The van der Waals surface area contributed by atoms with Gasteiger partial charge in [0, 0.05) is 13.1 Å². The lowest BCUT2D eigenvalue weighted by atomic mass is 10.2. The zero-order valence-electron chi connectivity index (χ0n) is 11.7. The van der Waals surface area contributed by atoms with Gasteiger partial charge in [-0.25, -0.2) is 9.97 Å². The minimum absolute atomic E-state index is 0.514. The van der Waals surface area contributed by atoms with Crippen molar-refractivity contribution < 1.29 is 0 Å². The maximum absolute atomic E-state index is 5.97. The second-order valence-electron chi connectivity index (χ2n) is 5.52. The average Bonchev–Trinajstić information content (AvgIpc) is 3.14. The monoisotopic (exact) mass is 260 g/mol. The van der Waals surface area contributed by atoms with Gasteiger partial charge in [0.25, 0.3) is 0 Å². The van der Waals surface area contributed by atoms with E-state index in [1.807, 2.05) is 7.05 Å². The van der Waals surface area contributed by atoms with Gasteiger partial charge in [0.15, 0.2) is 5.65 Å². The summed E-state index contributed by atoms with van der Waals surface area (Å²) in [6.45, 7) is 2.99. The van der Waals surface area contributed by atoms with Crippen LogP contribution in [-0.2, 0) is 13.6 Å². The summed E-state index contributed by atoms with van der Waals surface area (Å²) in [6.07, 6.45) is 4.40. The first-order valence-corrected chi connectivity index (χ1v) is 6.70. The van der Waals surface area contributed by atoms with E-state index in [1.54, 1.807) is 10.9 Å². The highest BCUT2D eigenvalue weighted by Crippen LogP contribution is 2.35. The molecule has 0 spiro atoms. The van der Waals surface area contributed by atoms with Crippen LogP contribution in [0.5, 0.6) is 0 Å². The summed E-state index contributed by atoms with van der Waals surface area (Å²) in [5, 5.41) is 4.99. The third kappa shape index (κ3) is 2.28. The van der Waals surface area contributed by atoms with Crippen LogP contribution in [0.25, 0.3) is 11.0 Å². The third-order valence-corrected chi connectivity index (χ3v) is 4.06. The second kappa shape index (κ2) is 4.45. The van der Waals surface area contributed by atoms with Crippen molar-refractivity contribution in [3.63, 3.8) is 0 Å². The Bertz CT molecular complexity index is 600. The van der Waals surface area contributed by atoms with Crippen LogP contribution in [0.4, 0.5) is 5.82 Å². The van der Waals surface area contributed by atoms with Gasteiger partial charge in [-0.05, 0) is 32.7 Å². The Hall–Kier alpha value is -1.69. The van der Waals surface area contributed by atoms with Crippen LogP contribution in [-0.4, -0.2) is 37.7 Å². The molecule has 2 N–H and O–H groups in total. The van der Waals surface area contributed by atoms with E-state index in [0.29, 0.717) is 11.9 Å². The highest BCUT2D eigenvalue weighted by Gasteiger charge is 2.30. The zero-order valence-corrected chi connectivity index (χ0v) is 11.7. The Morgan fingerprint density at radius 1 is 1.47 bits per heavy atom. The molecule has 0 bridgehead atoms. The second-order valence-corrected chi connectivity index (χ2v) is 5.52. The lowest BCUT2D eigenvalue weighted by Gasteiger charge is -2.23. The van der Waals surface area contributed by atoms with Gasteiger partial charge in [-0.3, -0.25) is 9.58 Å². The number of aryl methyl sites for hydroxylation is 1. The van der Waals surface area contributed by atoms with Crippen molar-refractivity contribution in [3.8, 4) is 0 Å². The maximum atomic E-state index is 5.97. The van der Waals surface area contributed by atoms with E-state index in [2.05, 4.69) is 33.9 Å². The van der Waals surface area contributed by atoms with Crippen molar-refractivity contribution >= 4 is 16.9 Å². The summed E-state index contributed by atoms with van der Waals surface area (Å²) in [5.41, 5.74) is 6.77. The van der Waals surface area contributed by atoms with E-state index in [9.17, 15) is 0 Å². The van der Waals surface area contributed by atoms with Crippen molar-refractivity contribution in [2.45, 2.75) is 32.4 Å². The first-order chi connectivity index (χ1) is 9.06. The molecule has 1 saturated carbocycles. The third-order valence-electron chi connectivity index (χ3n) is 4.06. The van der Waals surface area contributed by atoms with E-state index in [0.717, 1.165) is 29.3 Å². The van der Waals surface area contributed by atoms with Crippen LogP contribution in [0, 0.1) is 5.92 Å². The number of hydrogen-bond donors (Lipinski definition) is 1. The summed E-state index contributed by atoms with van der Waals surface area (Å²) in [7, 11) is 3.99. The van der Waals surface area contributed by atoms with E-state index in [4.69, 9.17) is 5.73 Å². The predicted molar refractivity (Wildman–Crippen MR) is 74.4 cm³/mol. The van der Waals surface area contributed by atoms with Gasteiger partial charge < -0.3 is 5.73 Å². The zero-order chi connectivity index (χ0) is 13.6. The molecule has 1 atom stereocenters. The van der Waals surface area contributed by atoms with Gasteiger partial charge in [0.2, 0.25) is 0 Å². The molecule has 102 valence electrons. The molecule has 2 aromatic heterocycles. The molecule has 0 radical (unpaired) electrons. The topological polar surface area (TPSA) is 72.9 Å². The minimum atomic E-state index is 0.514. The fraction of sp³-hybridized carbons (Fsp3) is 0.615. The number of anilines is 1. The van der Waals surface area contributed by atoms with Crippen LogP contribution in [0.3, 0.4) is 0 Å². The van der Waals surface area contributed by atoms with Gasteiger partial charge in [-0.2, -0.15) is 5.10 Å². The van der Waals surface area contributed by atoms with Crippen molar-refractivity contribution in [2.24, 2.45) is 13.0 Å². The SMILES string of the molecule is CC(C1CC1)N(C)Cc1nc(N)c2cnn(C)c2n1. The molecule has 1 aliphatic carbocycles. The lowest BCUT2D eigenvalue weighted by molar-refractivity contribution is 0.221. The Morgan fingerprint density at radius 3 is 2.89 bits per heavy atom. The largest absolute Gasteiger partial charge is 0.383 e. The molecule has 6 nitrogen and oxygen atoms in total. The van der Waals surface area contributed by atoms with E-state index >= 15 is 0 Å². The average molecular weight is 260 g/mol. The molecule has 0 aromatic carbocycles. The van der Waals surface area contributed by atoms with Crippen molar-refractivity contribution in [2.75, 3.05) is 12.8 Å². The molecule has 2 heterocycles. The normalized spacial score (nSPS) is 17.3. The summed E-state index contributed by atoms with van der Waals surface area (Å²) < 4.78 is 1.74. The standard InChI is InChI=1S/C13H20N6/c1-8(9-4-5-9)18(2)7-11-16-12(14)10-6-15-19(3)13(10)17-11/h6,8-9H,4-5,7H2,1-3H3,(H2,14,16,17). The number of nitrogens with two attached hydrogens (primary N) is 1. The maximum Gasteiger partial charge on any atom is 0.163 e. The Kier molecular flexibility index (Phi) is 2.89. The first kappa shape index (κ1) is 12.3. The molecule has 1 unspecified atom stereocenters. The number of aromatic nitrogens is 4. The Morgan fingerprint density at radius 2 is 2.21 bits per heavy atom. The molecule has 6 heteroatoms. The summed E-state index contributed by atoms with van der Waals surface area (Å²) in [4.78, 5) is 11.3. The number of nitrogens with zero attached hydrogens (tertiary/aromatic N) is 5. The summed E-state index contributed by atoms with van der Waals surface area (Å²) in [5.74, 6) is 2.12. The smallest absolute Gasteiger partial charge is 0.163 e. The van der Waals surface area contributed by atoms with Gasteiger partial charge in [-0.1, -0.05) is 0 Å². The molecule has 19 heavy (non-hydrogen) atoms. The molecule has 1 fully saturated rings. The van der Waals surface area contributed by atoms with Crippen molar-refractivity contribution in [1.82, 2.24) is 24.6 Å². The van der Waals surface area contributed by atoms with Gasteiger partial charge in [0.1, 0.15) is 11.6 Å². The van der Waals surface area contributed by atoms with Crippen molar-refractivity contribution in [3.05, 3.63) is 12.0 Å². The van der Waals surface area contributed by atoms with Crippen LogP contribution in [0.1, 0.15) is 25.6 Å². The molecular weight excluding hydrogens is 240 g/mol. The number of hydrogen-bond acceptors (Lipinski definition) is 5.